The lowest BCUT2D eigenvalue weighted by molar-refractivity contribution is 0.398. The smallest absolute Gasteiger partial charge is 0.258 e. The van der Waals surface area contributed by atoms with Gasteiger partial charge in [0.25, 0.3) is 5.89 Å². The molecule has 0 aliphatic carbocycles. The second-order valence-electron chi connectivity index (χ2n) is 7.51. The summed E-state index contributed by atoms with van der Waals surface area (Å²) in [6.07, 6.45) is 1.01. The van der Waals surface area contributed by atoms with E-state index in [0.29, 0.717) is 16.8 Å². The molecule has 4 rings (SSSR count). The van der Waals surface area contributed by atoms with Crippen LogP contribution < -0.4 is 5.32 Å². The fourth-order valence-corrected chi connectivity index (χ4v) is 4.25. The van der Waals surface area contributed by atoms with Crippen molar-refractivity contribution < 1.29 is 4.52 Å². The summed E-state index contributed by atoms with van der Waals surface area (Å²) < 4.78 is 5.76. The highest BCUT2D eigenvalue weighted by Gasteiger charge is 2.33. The summed E-state index contributed by atoms with van der Waals surface area (Å²) >= 11 is 5.64. The topological polar surface area (TPSA) is 54.2 Å². The van der Waals surface area contributed by atoms with Gasteiger partial charge in [0.2, 0.25) is 5.82 Å². The van der Waals surface area contributed by atoms with E-state index in [2.05, 4.69) is 79.5 Å². The fourth-order valence-electron chi connectivity index (χ4n) is 3.87. The molecule has 1 aliphatic rings. The molecule has 0 amide bonds. The first-order chi connectivity index (χ1) is 14.5. The number of allylic oxidation sites excluding steroid dienone is 1. The SMILES string of the molecule is CCc1ccc(C2NC(=S)N(CC)C(C)=C2c2nc(-c3cccc(C)c3)no2)cc1. The van der Waals surface area contributed by atoms with Crippen molar-refractivity contribution in [3.63, 3.8) is 0 Å². The van der Waals surface area contributed by atoms with Crippen LogP contribution in [0.1, 0.15) is 49.4 Å². The maximum Gasteiger partial charge on any atom is 0.258 e. The van der Waals surface area contributed by atoms with Gasteiger partial charge in [-0.2, -0.15) is 4.98 Å². The number of benzene rings is 2. The molecule has 1 aromatic heterocycles. The zero-order valence-corrected chi connectivity index (χ0v) is 18.6. The van der Waals surface area contributed by atoms with Gasteiger partial charge in [-0.1, -0.05) is 60.1 Å². The molecule has 0 saturated heterocycles. The predicted molar refractivity (Wildman–Crippen MR) is 124 cm³/mol. The Hall–Kier alpha value is -2.99. The summed E-state index contributed by atoms with van der Waals surface area (Å²) in [5.41, 5.74) is 6.51. The Bertz CT molecular complexity index is 1100. The molecule has 5 nitrogen and oxygen atoms in total. The molecule has 0 spiro atoms. The zero-order chi connectivity index (χ0) is 21.3. The van der Waals surface area contributed by atoms with E-state index in [4.69, 9.17) is 21.7 Å². The van der Waals surface area contributed by atoms with Crippen LogP contribution in [0.2, 0.25) is 0 Å². The summed E-state index contributed by atoms with van der Waals surface area (Å²) in [6.45, 7) is 9.12. The van der Waals surface area contributed by atoms with E-state index in [1.807, 2.05) is 12.1 Å². The average Bonchev–Trinajstić information content (AvgIpc) is 3.23. The van der Waals surface area contributed by atoms with Crippen molar-refractivity contribution >= 4 is 22.9 Å². The number of nitrogens with one attached hydrogen (secondary N) is 1. The van der Waals surface area contributed by atoms with Crippen LogP contribution in [0.3, 0.4) is 0 Å². The van der Waals surface area contributed by atoms with Gasteiger partial charge in [-0.25, -0.2) is 0 Å². The number of hydrogen-bond acceptors (Lipinski definition) is 4. The van der Waals surface area contributed by atoms with E-state index < -0.39 is 0 Å². The first-order valence-corrected chi connectivity index (χ1v) is 10.7. The van der Waals surface area contributed by atoms with E-state index in [1.165, 1.54) is 5.56 Å². The summed E-state index contributed by atoms with van der Waals surface area (Å²) in [5, 5.41) is 8.45. The molecule has 0 fully saturated rings. The Morgan fingerprint density at radius 2 is 1.87 bits per heavy atom. The molecule has 0 saturated carbocycles. The van der Waals surface area contributed by atoms with Crippen LogP contribution in [0, 0.1) is 6.92 Å². The van der Waals surface area contributed by atoms with Crippen LogP contribution in [0.15, 0.2) is 58.8 Å². The Morgan fingerprint density at radius 1 is 1.10 bits per heavy atom. The summed E-state index contributed by atoms with van der Waals surface area (Å²) in [6, 6.07) is 16.6. The number of nitrogens with zero attached hydrogens (tertiary/aromatic N) is 3. The number of rotatable bonds is 5. The number of hydrogen-bond donors (Lipinski definition) is 1. The Balaban J connectivity index is 1.80. The highest BCUT2D eigenvalue weighted by Crippen LogP contribution is 2.37. The van der Waals surface area contributed by atoms with E-state index in [1.54, 1.807) is 0 Å². The summed E-state index contributed by atoms with van der Waals surface area (Å²) in [5.74, 6) is 1.10. The van der Waals surface area contributed by atoms with Crippen LogP contribution in [-0.4, -0.2) is 26.7 Å². The largest absolute Gasteiger partial charge is 0.351 e. The Morgan fingerprint density at radius 3 is 2.53 bits per heavy atom. The van der Waals surface area contributed by atoms with Crippen molar-refractivity contribution in [2.75, 3.05) is 6.54 Å². The van der Waals surface area contributed by atoms with Gasteiger partial charge < -0.3 is 14.7 Å². The van der Waals surface area contributed by atoms with Crippen molar-refractivity contribution in [2.45, 2.75) is 40.2 Å². The molecule has 1 N–H and O–H groups in total. The lowest BCUT2D eigenvalue weighted by atomic mass is 9.94. The molecule has 1 aliphatic heterocycles. The number of thiocarbonyl (C=S) groups is 1. The highest BCUT2D eigenvalue weighted by molar-refractivity contribution is 7.80. The van der Waals surface area contributed by atoms with Crippen LogP contribution in [0.4, 0.5) is 0 Å². The molecule has 30 heavy (non-hydrogen) atoms. The molecule has 154 valence electrons. The molecule has 0 bridgehead atoms. The van der Waals surface area contributed by atoms with Gasteiger partial charge in [-0.05, 0) is 56.6 Å². The van der Waals surface area contributed by atoms with Gasteiger partial charge in [0.05, 0.1) is 11.6 Å². The minimum absolute atomic E-state index is 0.142. The van der Waals surface area contributed by atoms with Gasteiger partial charge in [0.1, 0.15) is 0 Å². The third-order valence-corrected chi connectivity index (χ3v) is 5.90. The Labute approximate surface area is 182 Å². The minimum atomic E-state index is -0.142. The highest BCUT2D eigenvalue weighted by atomic mass is 32.1. The van der Waals surface area contributed by atoms with E-state index in [0.717, 1.165) is 40.9 Å². The molecular weight excluding hydrogens is 392 g/mol. The second-order valence-corrected chi connectivity index (χ2v) is 7.90. The van der Waals surface area contributed by atoms with E-state index in [9.17, 15) is 0 Å². The zero-order valence-electron chi connectivity index (χ0n) is 17.8. The lowest BCUT2D eigenvalue weighted by Gasteiger charge is -2.36. The van der Waals surface area contributed by atoms with Gasteiger partial charge >= 0.3 is 0 Å². The van der Waals surface area contributed by atoms with Crippen molar-refractivity contribution in [3.8, 4) is 11.4 Å². The van der Waals surface area contributed by atoms with Gasteiger partial charge in [0, 0.05) is 17.8 Å². The molecular formula is C24H26N4OS. The first kappa shape index (κ1) is 20.3. The van der Waals surface area contributed by atoms with Crippen LogP contribution in [0.5, 0.6) is 0 Å². The number of aromatic nitrogens is 2. The normalized spacial score (nSPS) is 16.7. The fraction of sp³-hybridized carbons (Fsp3) is 0.292. The van der Waals surface area contributed by atoms with Crippen molar-refractivity contribution in [1.29, 1.82) is 0 Å². The molecule has 1 atom stereocenters. The van der Waals surface area contributed by atoms with E-state index in [-0.39, 0.29) is 6.04 Å². The molecule has 1 unspecified atom stereocenters. The minimum Gasteiger partial charge on any atom is -0.351 e. The summed E-state index contributed by atoms with van der Waals surface area (Å²) in [4.78, 5) is 6.82. The monoisotopic (exact) mass is 418 g/mol. The maximum absolute atomic E-state index is 5.76. The van der Waals surface area contributed by atoms with E-state index >= 15 is 0 Å². The van der Waals surface area contributed by atoms with Crippen LogP contribution >= 0.6 is 12.2 Å². The third-order valence-electron chi connectivity index (χ3n) is 5.57. The van der Waals surface area contributed by atoms with Crippen molar-refractivity contribution in [1.82, 2.24) is 20.4 Å². The second kappa shape index (κ2) is 8.40. The lowest BCUT2D eigenvalue weighted by Crippen LogP contribution is -2.45. The average molecular weight is 419 g/mol. The standard InChI is InChI=1S/C24H26N4OS/c1-5-17-10-12-18(13-11-17)21-20(16(4)28(6-2)24(30)25-21)23-26-22(27-29-23)19-9-7-8-15(3)14-19/h7-14,21H,5-6H2,1-4H3,(H,25,30). The van der Waals surface area contributed by atoms with Crippen molar-refractivity contribution in [3.05, 3.63) is 76.8 Å². The quantitative estimate of drug-likeness (QED) is 0.568. The van der Waals surface area contributed by atoms with Gasteiger partial charge in [0.15, 0.2) is 5.11 Å². The predicted octanol–water partition coefficient (Wildman–Crippen LogP) is 5.29. The van der Waals surface area contributed by atoms with Gasteiger partial charge in [-0.15, -0.1) is 0 Å². The van der Waals surface area contributed by atoms with Crippen molar-refractivity contribution in [2.24, 2.45) is 0 Å². The van der Waals surface area contributed by atoms with Crippen LogP contribution in [-0.2, 0) is 6.42 Å². The molecule has 2 aromatic carbocycles. The van der Waals surface area contributed by atoms with Gasteiger partial charge in [-0.3, -0.25) is 0 Å². The Kier molecular flexibility index (Phi) is 5.68. The molecule has 3 aromatic rings. The molecule has 2 heterocycles. The molecule has 0 radical (unpaired) electrons. The summed E-state index contributed by atoms with van der Waals surface area (Å²) in [7, 11) is 0. The first-order valence-electron chi connectivity index (χ1n) is 10.3. The molecule has 6 heteroatoms. The third kappa shape index (κ3) is 3.75. The maximum atomic E-state index is 5.76. The van der Waals surface area contributed by atoms with Crippen LogP contribution in [0.25, 0.3) is 17.0 Å². The number of aryl methyl sites for hydroxylation is 2.